The van der Waals surface area contributed by atoms with Gasteiger partial charge in [0.15, 0.2) is 18.0 Å². The Morgan fingerprint density at radius 1 is 1.03 bits per heavy atom. The van der Waals surface area contributed by atoms with Crippen molar-refractivity contribution in [3.8, 4) is 0 Å². The van der Waals surface area contributed by atoms with Gasteiger partial charge in [-0.15, -0.1) is 0 Å². The first-order valence-electron chi connectivity index (χ1n) is 20.1. The van der Waals surface area contributed by atoms with E-state index in [4.69, 9.17) is 28.4 Å². The van der Waals surface area contributed by atoms with Gasteiger partial charge in [-0.3, -0.25) is 14.4 Å². The first kappa shape index (κ1) is 45.7. The molecule has 1 amide bonds. The van der Waals surface area contributed by atoms with Crippen LogP contribution in [0.2, 0.25) is 0 Å². The highest BCUT2D eigenvalue weighted by Crippen LogP contribution is 2.66. The molecule has 2 bridgehead atoms. The zero-order valence-electron chi connectivity index (χ0n) is 35.5. The van der Waals surface area contributed by atoms with Crippen molar-refractivity contribution < 1.29 is 72.5 Å². The minimum atomic E-state index is -2.39. The number of methoxy groups -OCH3 is 1. The van der Waals surface area contributed by atoms with Crippen LogP contribution in [0.5, 0.6) is 0 Å². The molecule has 2 saturated carbocycles. The monoisotopic (exact) mass is 829 g/mol. The lowest BCUT2D eigenvalue weighted by molar-refractivity contribution is -0.313. The number of alkyl carbamates (subject to hydrolysis) is 1. The van der Waals surface area contributed by atoms with E-state index in [1.807, 2.05) is 6.92 Å². The van der Waals surface area contributed by atoms with Gasteiger partial charge in [-0.05, 0) is 49.0 Å². The normalized spacial score (nSPS) is 33.3. The number of aliphatic hydroxyl groups excluding tert-OH is 2. The van der Waals surface area contributed by atoms with Crippen LogP contribution in [0.15, 0.2) is 41.5 Å². The van der Waals surface area contributed by atoms with Crippen LogP contribution in [-0.2, 0) is 47.6 Å². The van der Waals surface area contributed by atoms with Crippen LogP contribution in [0, 0.1) is 27.6 Å². The molecule has 0 aromatic heterocycles. The molecule has 0 spiro atoms. The lowest BCUT2D eigenvalue weighted by Crippen LogP contribution is -2.80. The Balaban J connectivity index is 1.72. The van der Waals surface area contributed by atoms with E-state index in [1.165, 1.54) is 26.0 Å². The number of Topliss-reactive ketones (excluding diaryl/α,β-unsaturated/α-hetero) is 1. The molecule has 11 atom stereocenters. The SMILES string of the molecule is CCCCOC(=O)N[C@H]([C@@H](O)C(=O)O[C@H]1C[C@@]2(O)C(OC(=O)c3ccccc3)C3[C@](C)(C(=O)[C@H](OC(C)=O)C(=C1C)C2(C)C)[C@@H](O)C[C@H]1OC[C@@]31C(=O)OC)C(C)(C)C. The van der Waals surface area contributed by atoms with E-state index < -0.39 is 118 Å². The van der Waals surface area contributed by atoms with Gasteiger partial charge in [-0.1, -0.05) is 66.2 Å². The molecule has 0 radical (unpaired) electrons. The van der Waals surface area contributed by atoms with Crippen molar-refractivity contribution in [2.75, 3.05) is 20.3 Å². The lowest BCUT2D eigenvalue weighted by atomic mass is 9.42. The van der Waals surface area contributed by atoms with Crippen LogP contribution >= 0.6 is 0 Å². The molecular weight excluding hydrogens is 770 g/mol. The van der Waals surface area contributed by atoms with Crippen molar-refractivity contribution in [3.05, 3.63) is 47.0 Å². The number of ketones is 1. The summed E-state index contributed by atoms with van der Waals surface area (Å²) in [5.74, 6) is -6.35. The number of esters is 4. The lowest BCUT2D eigenvalue weighted by Gasteiger charge is -2.67. The largest absolute Gasteiger partial charge is 0.468 e. The summed E-state index contributed by atoms with van der Waals surface area (Å²) in [6.07, 6.45) is -10.0. The number of carbonyl (C=O) groups is 6. The Bertz CT molecular complexity index is 1850. The van der Waals surface area contributed by atoms with Crippen molar-refractivity contribution >= 4 is 35.8 Å². The molecule has 1 aliphatic heterocycles. The average Bonchev–Trinajstić information content (AvgIpc) is 3.16. The second-order valence-corrected chi connectivity index (χ2v) is 18.1. The molecule has 4 N–H and O–H groups in total. The maximum Gasteiger partial charge on any atom is 0.407 e. The highest BCUT2D eigenvalue weighted by Gasteiger charge is 2.79. The van der Waals surface area contributed by atoms with Gasteiger partial charge in [0, 0.05) is 31.1 Å². The Morgan fingerprint density at radius 2 is 1.68 bits per heavy atom. The molecule has 16 heteroatoms. The van der Waals surface area contributed by atoms with E-state index in [9.17, 15) is 39.3 Å². The van der Waals surface area contributed by atoms with E-state index in [-0.39, 0.29) is 36.3 Å². The number of amides is 1. The van der Waals surface area contributed by atoms with Crippen LogP contribution in [0.1, 0.15) is 98.4 Å². The molecule has 1 aromatic carbocycles. The van der Waals surface area contributed by atoms with Crippen molar-refractivity contribution in [1.29, 1.82) is 0 Å². The fourth-order valence-corrected chi connectivity index (χ4v) is 9.76. The third-order valence-corrected chi connectivity index (χ3v) is 13.2. The second kappa shape index (κ2) is 16.6. The number of carbonyl (C=O) groups excluding carboxylic acids is 6. The Hall–Kier alpha value is -4.38. The molecule has 5 rings (SSSR count). The summed E-state index contributed by atoms with van der Waals surface area (Å²) in [6, 6.07) is 6.58. The standard InChI is InChI=1S/C43H59NO15/c1-11-12-18-55-38(52)44-32(39(4,5)6)29(47)36(50)58-25-20-43(53)34(59-35(49)24-16-14-13-15-17-24)31-41(9,26(46)19-27-42(31,21-56-27)37(51)54-10)33(48)30(57-23(3)45)28(22(25)2)40(43,7)8/h13-17,25-27,29-32,34,46-47,53H,11-12,18-21H2,1-10H3,(H,44,52)/t25-,26-,27+,29+,30+,31?,32+,34?,41+,42-,43+/m0/s1. The average molecular weight is 830 g/mol. The number of benzene rings is 1. The Kier molecular flexibility index (Phi) is 12.8. The van der Waals surface area contributed by atoms with Gasteiger partial charge < -0.3 is 49.1 Å². The first-order valence-corrected chi connectivity index (χ1v) is 20.1. The highest BCUT2D eigenvalue weighted by molar-refractivity contribution is 5.96. The number of nitrogens with one attached hydrogen (secondary N) is 1. The fourth-order valence-electron chi connectivity index (χ4n) is 9.76. The minimum absolute atomic E-state index is 0.00419. The van der Waals surface area contributed by atoms with Gasteiger partial charge in [0.25, 0.3) is 0 Å². The van der Waals surface area contributed by atoms with Crippen molar-refractivity contribution in [3.63, 3.8) is 0 Å². The summed E-state index contributed by atoms with van der Waals surface area (Å²) >= 11 is 0. The van der Waals surface area contributed by atoms with Gasteiger partial charge in [-0.2, -0.15) is 0 Å². The summed E-state index contributed by atoms with van der Waals surface area (Å²) in [7, 11) is 1.14. The summed E-state index contributed by atoms with van der Waals surface area (Å²) < 4.78 is 34.6. The number of hydrogen-bond acceptors (Lipinski definition) is 15. The van der Waals surface area contributed by atoms with E-state index in [0.29, 0.717) is 6.42 Å². The maximum absolute atomic E-state index is 15.4. The van der Waals surface area contributed by atoms with Crippen molar-refractivity contribution in [1.82, 2.24) is 5.32 Å². The van der Waals surface area contributed by atoms with E-state index in [0.717, 1.165) is 20.5 Å². The molecule has 16 nitrogen and oxygen atoms in total. The summed E-state index contributed by atoms with van der Waals surface area (Å²) in [4.78, 5) is 83.5. The van der Waals surface area contributed by atoms with Crippen LogP contribution in [-0.4, -0.2) is 120 Å². The third kappa shape index (κ3) is 7.65. The predicted octanol–water partition coefficient (Wildman–Crippen LogP) is 3.36. The number of hydrogen-bond donors (Lipinski definition) is 4. The third-order valence-electron chi connectivity index (χ3n) is 13.2. The number of rotatable bonds is 11. The molecular formula is C43H59NO15. The van der Waals surface area contributed by atoms with Gasteiger partial charge in [0.2, 0.25) is 0 Å². The van der Waals surface area contributed by atoms with E-state index in [1.54, 1.807) is 52.8 Å². The molecule has 1 aromatic rings. The smallest absolute Gasteiger partial charge is 0.407 e. The summed E-state index contributed by atoms with van der Waals surface area (Å²) in [5, 5.41) is 39.7. The highest BCUT2D eigenvalue weighted by atomic mass is 16.6. The fraction of sp³-hybridized carbons (Fsp3) is 0.674. The topological polar surface area (TPSA) is 231 Å². The molecule has 1 heterocycles. The summed E-state index contributed by atoms with van der Waals surface area (Å²) in [6.45, 7) is 13.8. The van der Waals surface area contributed by atoms with Crippen LogP contribution in [0.25, 0.3) is 0 Å². The Labute approximate surface area is 344 Å². The molecule has 3 aliphatic carbocycles. The quantitative estimate of drug-likeness (QED) is 0.108. The first-order chi connectivity index (χ1) is 27.4. The molecule has 326 valence electrons. The van der Waals surface area contributed by atoms with E-state index in [2.05, 4.69) is 5.32 Å². The van der Waals surface area contributed by atoms with Gasteiger partial charge in [0.1, 0.15) is 23.2 Å². The van der Waals surface area contributed by atoms with E-state index >= 15 is 4.79 Å². The van der Waals surface area contributed by atoms with Gasteiger partial charge >= 0.3 is 30.0 Å². The zero-order chi connectivity index (χ0) is 44.0. The summed E-state index contributed by atoms with van der Waals surface area (Å²) in [5.41, 5.74) is -8.60. The molecule has 3 fully saturated rings. The number of aliphatic hydroxyl groups is 3. The van der Waals surface area contributed by atoms with Crippen LogP contribution in [0.3, 0.4) is 0 Å². The molecule has 1 saturated heterocycles. The maximum atomic E-state index is 15.4. The number of fused-ring (bicyclic) bond motifs is 5. The van der Waals surface area contributed by atoms with Crippen LogP contribution in [0.4, 0.5) is 4.79 Å². The number of unbranched alkanes of at least 4 members (excludes halogenated alkanes) is 1. The molecule has 2 unspecified atom stereocenters. The second-order valence-electron chi connectivity index (χ2n) is 18.1. The van der Waals surface area contributed by atoms with Gasteiger partial charge in [-0.25, -0.2) is 14.4 Å². The Morgan fingerprint density at radius 3 is 2.22 bits per heavy atom. The molecule has 59 heavy (non-hydrogen) atoms. The molecule has 4 aliphatic rings. The van der Waals surface area contributed by atoms with Crippen molar-refractivity contribution in [2.24, 2.45) is 27.6 Å². The minimum Gasteiger partial charge on any atom is -0.468 e. The number of ether oxygens (including phenoxy) is 6. The van der Waals surface area contributed by atoms with Gasteiger partial charge in [0.05, 0.1) is 49.6 Å². The van der Waals surface area contributed by atoms with Crippen LogP contribution < -0.4 is 5.32 Å². The zero-order valence-corrected chi connectivity index (χ0v) is 35.5. The predicted molar refractivity (Wildman–Crippen MR) is 207 cm³/mol. The van der Waals surface area contributed by atoms with Crippen molar-refractivity contribution in [2.45, 2.75) is 136 Å².